The van der Waals surface area contributed by atoms with Crippen molar-refractivity contribution in [1.29, 1.82) is 0 Å². The summed E-state index contributed by atoms with van der Waals surface area (Å²) in [6.07, 6.45) is 12.7. The first-order chi connectivity index (χ1) is 33.7. The normalized spacial score (nSPS) is 15.2. The highest BCUT2D eigenvalue weighted by molar-refractivity contribution is 6.21. The zero-order chi connectivity index (χ0) is 47.1. The Morgan fingerprint density at radius 1 is 0.290 bits per heavy atom. The minimum absolute atomic E-state index is 0.0299. The quantitative estimate of drug-likeness (QED) is 0.0799. The highest BCUT2D eigenvalue weighted by Gasteiger charge is 2.43. The maximum atomic E-state index is 2.65. The molecule has 0 spiro atoms. The van der Waals surface area contributed by atoms with Gasteiger partial charge in [0.25, 0.3) is 0 Å². The van der Waals surface area contributed by atoms with E-state index in [0.717, 1.165) is 0 Å². The van der Waals surface area contributed by atoms with Gasteiger partial charge < -0.3 is 0 Å². The molecule has 0 bridgehead atoms. The fourth-order valence-electron chi connectivity index (χ4n) is 13.7. The van der Waals surface area contributed by atoms with Crippen molar-refractivity contribution in [2.75, 3.05) is 0 Å². The van der Waals surface area contributed by atoms with E-state index in [1.54, 1.807) is 11.1 Å². The lowest BCUT2D eigenvalue weighted by atomic mass is 9.70. The minimum Gasteiger partial charge on any atom is -0.0654 e. The van der Waals surface area contributed by atoms with E-state index in [1.165, 1.54) is 175 Å². The molecule has 0 radical (unpaired) electrons. The molecule has 9 aromatic carbocycles. The van der Waals surface area contributed by atoms with Gasteiger partial charge in [-0.05, 0) is 159 Å². The lowest BCUT2D eigenvalue weighted by molar-refractivity contribution is 0.401. The van der Waals surface area contributed by atoms with Crippen LogP contribution in [0.5, 0.6) is 0 Å². The Kier molecular flexibility index (Phi) is 10.7. The molecule has 342 valence electrons. The van der Waals surface area contributed by atoms with Crippen LogP contribution in [0.2, 0.25) is 0 Å². The van der Waals surface area contributed by atoms with Crippen LogP contribution in [0.25, 0.3) is 88.3 Å². The SMILES string of the molecule is CCCCCCC1(CCCCCC)c2ccccc2-c2ccc(-c3c4ccccc4c(-c4ccc5c(c4)C(C)(C)c4cc(-c6ccc7c(c6)C(C)(C)c6ccccc6-7)ccc4-5)c4ccccc34)cc21. The molecule has 0 aromatic heterocycles. The summed E-state index contributed by atoms with van der Waals surface area (Å²) in [4.78, 5) is 0. The van der Waals surface area contributed by atoms with Crippen LogP contribution in [-0.2, 0) is 16.2 Å². The third-order valence-corrected chi connectivity index (χ3v) is 17.3. The Morgan fingerprint density at radius 2 is 0.623 bits per heavy atom. The molecule has 12 rings (SSSR count). The third kappa shape index (κ3) is 6.76. The van der Waals surface area contributed by atoms with E-state index >= 15 is 0 Å². The smallest absolute Gasteiger partial charge is 0.0215 e. The Morgan fingerprint density at radius 3 is 1.09 bits per heavy atom. The van der Waals surface area contributed by atoms with Crippen molar-refractivity contribution >= 4 is 21.5 Å². The van der Waals surface area contributed by atoms with Crippen molar-refractivity contribution in [3.8, 4) is 66.8 Å². The lowest BCUT2D eigenvalue weighted by Gasteiger charge is -2.33. The lowest BCUT2D eigenvalue weighted by Crippen LogP contribution is -2.25. The number of hydrogen-bond acceptors (Lipinski definition) is 0. The Hall–Kier alpha value is -6.50. The fraction of sp³-hybridized carbons (Fsp3) is 0.275. The molecule has 3 aliphatic carbocycles. The van der Waals surface area contributed by atoms with Crippen molar-refractivity contribution in [2.45, 2.75) is 122 Å². The molecule has 0 nitrogen and oxygen atoms in total. The van der Waals surface area contributed by atoms with Gasteiger partial charge in [0.05, 0.1) is 0 Å². The molecule has 0 heterocycles. The predicted molar refractivity (Wildman–Crippen MR) is 297 cm³/mol. The monoisotopic (exact) mass is 895 g/mol. The molecule has 0 saturated heterocycles. The topological polar surface area (TPSA) is 0 Å². The summed E-state index contributed by atoms with van der Waals surface area (Å²) < 4.78 is 0. The number of fused-ring (bicyclic) bond motifs is 11. The van der Waals surface area contributed by atoms with Crippen molar-refractivity contribution in [1.82, 2.24) is 0 Å². The van der Waals surface area contributed by atoms with Gasteiger partial charge in [0.2, 0.25) is 0 Å². The van der Waals surface area contributed by atoms with Crippen molar-refractivity contribution in [2.24, 2.45) is 0 Å². The van der Waals surface area contributed by atoms with E-state index in [9.17, 15) is 0 Å². The molecule has 0 N–H and O–H groups in total. The summed E-state index contributed by atoms with van der Waals surface area (Å²) in [7, 11) is 0. The van der Waals surface area contributed by atoms with E-state index in [2.05, 4.69) is 211 Å². The summed E-state index contributed by atoms with van der Waals surface area (Å²) in [6.45, 7) is 14.3. The molecule has 69 heavy (non-hydrogen) atoms. The molecule has 0 fully saturated rings. The zero-order valence-electron chi connectivity index (χ0n) is 41.7. The molecule has 0 heteroatoms. The first-order valence-corrected chi connectivity index (χ1v) is 26.4. The molecule has 0 saturated carbocycles. The first-order valence-electron chi connectivity index (χ1n) is 26.4. The summed E-state index contributed by atoms with van der Waals surface area (Å²) >= 11 is 0. The molecule has 0 unspecified atom stereocenters. The summed E-state index contributed by atoms with van der Waals surface area (Å²) in [5.74, 6) is 0. The minimum atomic E-state index is -0.171. The van der Waals surface area contributed by atoms with Crippen LogP contribution >= 0.6 is 0 Å². The molecule has 0 amide bonds. The predicted octanol–water partition coefficient (Wildman–Crippen LogP) is 19.8. The van der Waals surface area contributed by atoms with Gasteiger partial charge in [-0.2, -0.15) is 0 Å². The van der Waals surface area contributed by atoms with E-state index in [0.29, 0.717) is 0 Å². The van der Waals surface area contributed by atoms with Crippen LogP contribution in [0.3, 0.4) is 0 Å². The number of benzene rings is 9. The zero-order valence-corrected chi connectivity index (χ0v) is 41.7. The second-order valence-electron chi connectivity index (χ2n) is 21.9. The molecular weight excluding hydrogens is 829 g/mol. The number of hydrogen-bond donors (Lipinski definition) is 0. The van der Waals surface area contributed by atoms with Crippen LogP contribution in [0, 0.1) is 0 Å². The van der Waals surface area contributed by atoms with Gasteiger partial charge in [-0.25, -0.2) is 0 Å². The largest absolute Gasteiger partial charge is 0.0654 e. The maximum absolute atomic E-state index is 2.65. The maximum Gasteiger partial charge on any atom is 0.0215 e. The summed E-state index contributed by atoms with van der Waals surface area (Å²) in [5, 5.41) is 5.29. The summed E-state index contributed by atoms with van der Waals surface area (Å²) in [6, 6.07) is 66.2. The van der Waals surface area contributed by atoms with Crippen LogP contribution < -0.4 is 0 Å². The highest BCUT2D eigenvalue weighted by Crippen LogP contribution is 2.57. The fourth-order valence-corrected chi connectivity index (χ4v) is 13.7. The second-order valence-corrected chi connectivity index (χ2v) is 21.9. The van der Waals surface area contributed by atoms with E-state index in [1.807, 2.05) is 0 Å². The Balaban J connectivity index is 0.961. The van der Waals surface area contributed by atoms with E-state index in [4.69, 9.17) is 0 Å². The van der Waals surface area contributed by atoms with Crippen molar-refractivity contribution in [3.05, 3.63) is 203 Å². The van der Waals surface area contributed by atoms with Gasteiger partial charge in [0.15, 0.2) is 0 Å². The Bertz CT molecular complexity index is 3410. The van der Waals surface area contributed by atoms with Gasteiger partial charge in [0, 0.05) is 16.2 Å². The van der Waals surface area contributed by atoms with Crippen LogP contribution in [0.15, 0.2) is 170 Å². The van der Waals surface area contributed by atoms with Gasteiger partial charge in [-0.1, -0.05) is 239 Å². The third-order valence-electron chi connectivity index (χ3n) is 17.3. The summed E-state index contributed by atoms with van der Waals surface area (Å²) in [5.41, 5.74) is 24.9. The van der Waals surface area contributed by atoms with Crippen molar-refractivity contribution in [3.63, 3.8) is 0 Å². The first kappa shape index (κ1) is 43.8. The standard InChI is InChI=1S/C69H66/c1-7-9-11-21-39-69(40-22-12-10-8-2)60-30-20-18-24-50(60)54-38-34-48(44-64(54)69)66-57-27-15-13-25-55(57)65(56-26-14-16-28-58(56)66)47-33-37-53-52-36-32-46(42-62(52)68(5,6)63(53)43-47)45-31-35-51-49-23-17-19-29-59(49)67(3,4)61(51)41-45/h13-20,23-38,41-44H,7-12,21-22,39-40H2,1-6H3. The number of rotatable bonds is 13. The molecule has 0 atom stereocenters. The average Bonchev–Trinajstić information content (AvgIpc) is 3.88. The molecular formula is C69H66. The van der Waals surface area contributed by atoms with Gasteiger partial charge in [-0.3, -0.25) is 0 Å². The molecule has 3 aliphatic rings. The van der Waals surface area contributed by atoms with Crippen LogP contribution in [-0.4, -0.2) is 0 Å². The van der Waals surface area contributed by atoms with E-state index < -0.39 is 0 Å². The molecule has 0 aliphatic heterocycles. The highest BCUT2D eigenvalue weighted by atomic mass is 14.5. The van der Waals surface area contributed by atoms with Gasteiger partial charge in [0.1, 0.15) is 0 Å². The molecule has 9 aromatic rings. The van der Waals surface area contributed by atoms with Gasteiger partial charge in [-0.15, -0.1) is 0 Å². The van der Waals surface area contributed by atoms with Crippen molar-refractivity contribution < 1.29 is 0 Å². The Labute approximate surface area is 411 Å². The van der Waals surface area contributed by atoms with Crippen LogP contribution in [0.4, 0.5) is 0 Å². The number of unbranched alkanes of at least 4 members (excludes halogenated alkanes) is 6. The van der Waals surface area contributed by atoms with Crippen LogP contribution in [0.1, 0.15) is 139 Å². The van der Waals surface area contributed by atoms with Gasteiger partial charge >= 0.3 is 0 Å². The average molecular weight is 895 g/mol. The second kappa shape index (κ2) is 16.9. The van der Waals surface area contributed by atoms with E-state index in [-0.39, 0.29) is 16.2 Å².